The zero-order chi connectivity index (χ0) is 19.6. The first-order valence-corrected chi connectivity index (χ1v) is 10.5. The summed E-state index contributed by atoms with van der Waals surface area (Å²) in [5.41, 5.74) is 5.47. The quantitative estimate of drug-likeness (QED) is 0.520. The molecule has 0 spiro atoms. The number of fused-ring (bicyclic) bond motifs is 1. The maximum atomic E-state index is 5.92. The van der Waals surface area contributed by atoms with Crippen LogP contribution in [0.2, 0.25) is 0 Å². The Hall–Kier alpha value is -2.49. The summed E-state index contributed by atoms with van der Waals surface area (Å²) in [6.07, 6.45) is 3.54. The third kappa shape index (κ3) is 4.48. The van der Waals surface area contributed by atoms with Crippen molar-refractivity contribution in [3.05, 3.63) is 95.1 Å². The Labute approximate surface area is 184 Å². The van der Waals surface area contributed by atoms with Crippen molar-refractivity contribution in [3.63, 3.8) is 0 Å². The van der Waals surface area contributed by atoms with Gasteiger partial charge in [-0.15, -0.1) is 12.4 Å². The SMILES string of the molecule is COc1ccc2c(c1)C(NC1CC1c1ccc(OCc3ccccc3)cc1)CC2.Cl. The molecule has 1 fully saturated rings. The number of methoxy groups -OCH3 is 1. The Morgan fingerprint density at radius 1 is 0.933 bits per heavy atom. The molecule has 3 nitrogen and oxygen atoms in total. The van der Waals surface area contributed by atoms with E-state index in [1.807, 2.05) is 18.2 Å². The molecular weight excluding hydrogens is 394 g/mol. The molecule has 0 heterocycles. The van der Waals surface area contributed by atoms with Crippen LogP contribution >= 0.6 is 12.4 Å². The smallest absolute Gasteiger partial charge is 0.119 e. The summed E-state index contributed by atoms with van der Waals surface area (Å²) in [4.78, 5) is 0. The highest BCUT2D eigenvalue weighted by molar-refractivity contribution is 5.85. The molecule has 4 heteroatoms. The average molecular weight is 422 g/mol. The summed E-state index contributed by atoms with van der Waals surface area (Å²) < 4.78 is 11.3. The van der Waals surface area contributed by atoms with E-state index in [0.29, 0.717) is 24.6 Å². The van der Waals surface area contributed by atoms with Gasteiger partial charge in [0, 0.05) is 18.0 Å². The van der Waals surface area contributed by atoms with E-state index in [-0.39, 0.29) is 12.4 Å². The largest absolute Gasteiger partial charge is 0.497 e. The summed E-state index contributed by atoms with van der Waals surface area (Å²) >= 11 is 0. The number of benzene rings is 3. The maximum Gasteiger partial charge on any atom is 0.119 e. The van der Waals surface area contributed by atoms with E-state index in [1.165, 1.54) is 35.1 Å². The van der Waals surface area contributed by atoms with E-state index in [2.05, 4.69) is 59.9 Å². The highest BCUT2D eigenvalue weighted by Gasteiger charge is 2.40. The van der Waals surface area contributed by atoms with E-state index in [9.17, 15) is 0 Å². The lowest BCUT2D eigenvalue weighted by atomic mass is 10.1. The standard InChI is InChI=1S/C26H27NO2.ClH/c1-28-22-13-9-20-10-14-25(23(20)15-22)27-26-16-24(26)19-7-11-21(12-8-19)29-17-18-5-3-2-4-6-18;/h2-9,11-13,15,24-27H,10,14,16-17H2,1H3;1H. The number of halogens is 1. The fourth-order valence-electron chi connectivity index (χ4n) is 4.44. The Morgan fingerprint density at radius 2 is 1.70 bits per heavy atom. The molecule has 30 heavy (non-hydrogen) atoms. The van der Waals surface area contributed by atoms with Crippen LogP contribution < -0.4 is 14.8 Å². The third-order valence-corrected chi connectivity index (χ3v) is 6.19. The monoisotopic (exact) mass is 421 g/mol. The molecule has 5 rings (SSSR count). The summed E-state index contributed by atoms with van der Waals surface area (Å²) in [5, 5.41) is 3.88. The van der Waals surface area contributed by atoms with Crippen LogP contribution in [0.15, 0.2) is 72.8 Å². The van der Waals surface area contributed by atoms with Gasteiger partial charge >= 0.3 is 0 Å². The van der Waals surface area contributed by atoms with Gasteiger partial charge < -0.3 is 14.8 Å². The molecule has 2 aliphatic carbocycles. The molecular formula is C26H28ClNO2. The molecule has 156 valence electrons. The summed E-state index contributed by atoms with van der Waals surface area (Å²) in [5.74, 6) is 2.49. The lowest BCUT2D eigenvalue weighted by molar-refractivity contribution is 0.306. The lowest BCUT2D eigenvalue weighted by Crippen LogP contribution is -2.22. The van der Waals surface area contributed by atoms with Crippen molar-refractivity contribution in [2.24, 2.45) is 0 Å². The number of rotatable bonds is 7. The lowest BCUT2D eigenvalue weighted by Gasteiger charge is -2.15. The minimum absolute atomic E-state index is 0. The van der Waals surface area contributed by atoms with Gasteiger partial charge in [0.05, 0.1) is 7.11 Å². The van der Waals surface area contributed by atoms with Crippen molar-refractivity contribution in [1.29, 1.82) is 0 Å². The topological polar surface area (TPSA) is 30.5 Å². The number of ether oxygens (including phenoxy) is 2. The second-order valence-corrected chi connectivity index (χ2v) is 8.11. The predicted octanol–water partition coefficient (Wildman–Crippen LogP) is 5.83. The van der Waals surface area contributed by atoms with Crippen LogP contribution in [-0.2, 0) is 13.0 Å². The molecule has 3 aromatic carbocycles. The molecule has 2 aliphatic rings. The maximum absolute atomic E-state index is 5.92. The highest BCUT2D eigenvalue weighted by Crippen LogP contribution is 2.44. The zero-order valence-electron chi connectivity index (χ0n) is 17.2. The molecule has 0 amide bonds. The van der Waals surface area contributed by atoms with E-state index >= 15 is 0 Å². The number of hydrogen-bond donors (Lipinski definition) is 1. The van der Waals surface area contributed by atoms with Gasteiger partial charge in [0.2, 0.25) is 0 Å². The number of hydrogen-bond acceptors (Lipinski definition) is 3. The molecule has 1 N–H and O–H groups in total. The van der Waals surface area contributed by atoms with Crippen LogP contribution in [0.5, 0.6) is 11.5 Å². The van der Waals surface area contributed by atoms with Crippen molar-refractivity contribution in [1.82, 2.24) is 5.32 Å². The van der Waals surface area contributed by atoms with Crippen molar-refractivity contribution in [2.45, 2.75) is 43.9 Å². The van der Waals surface area contributed by atoms with Crippen molar-refractivity contribution in [2.75, 3.05) is 7.11 Å². The van der Waals surface area contributed by atoms with Crippen molar-refractivity contribution in [3.8, 4) is 11.5 Å². The van der Waals surface area contributed by atoms with Crippen LogP contribution in [0.1, 0.15) is 47.1 Å². The molecule has 0 bridgehead atoms. The first kappa shape index (κ1) is 20.8. The molecule has 0 radical (unpaired) electrons. The Bertz CT molecular complexity index is 974. The fourth-order valence-corrected chi connectivity index (χ4v) is 4.44. The van der Waals surface area contributed by atoms with E-state index in [4.69, 9.17) is 9.47 Å². The van der Waals surface area contributed by atoms with Gasteiger partial charge in [-0.25, -0.2) is 0 Å². The second-order valence-electron chi connectivity index (χ2n) is 8.11. The van der Waals surface area contributed by atoms with E-state index < -0.39 is 0 Å². The van der Waals surface area contributed by atoms with Crippen LogP contribution in [0.3, 0.4) is 0 Å². The Balaban J connectivity index is 0.00000218. The second kappa shape index (κ2) is 9.11. The molecule has 0 aliphatic heterocycles. The molecule has 3 atom stereocenters. The minimum atomic E-state index is 0. The average Bonchev–Trinajstić information content (AvgIpc) is 3.44. The first-order chi connectivity index (χ1) is 14.3. The van der Waals surface area contributed by atoms with Crippen LogP contribution in [0.25, 0.3) is 0 Å². The van der Waals surface area contributed by atoms with Crippen molar-refractivity contribution >= 4 is 12.4 Å². The summed E-state index contributed by atoms with van der Waals surface area (Å²) in [6, 6.07) is 26.4. The highest BCUT2D eigenvalue weighted by atomic mass is 35.5. The molecule has 1 saturated carbocycles. The summed E-state index contributed by atoms with van der Waals surface area (Å²) in [7, 11) is 1.74. The van der Waals surface area contributed by atoms with Crippen LogP contribution in [0.4, 0.5) is 0 Å². The van der Waals surface area contributed by atoms with Gasteiger partial charge in [-0.3, -0.25) is 0 Å². The third-order valence-electron chi connectivity index (χ3n) is 6.19. The van der Waals surface area contributed by atoms with Gasteiger partial charge in [0.1, 0.15) is 18.1 Å². The molecule has 3 unspecified atom stereocenters. The van der Waals surface area contributed by atoms with Gasteiger partial charge in [-0.05, 0) is 65.8 Å². The van der Waals surface area contributed by atoms with Gasteiger partial charge in [-0.1, -0.05) is 48.5 Å². The van der Waals surface area contributed by atoms with Gasteiger partial charge in [0.15, 0.2) is 0 Å². The van der Waals surface area contributed by atoms with Gasteiger partial charge in [0.25, 0.3) is 0 Å². The van der Waals surface area contributed by atoms with E-state index in [1.54, 1.807) is 7.11 Å². The van der Waals surface area contributed by atoms with Gasteiger partial charge in [-0.2, -0.15) is 0 Å². The van der Waals surface area contributed by atoms with Crippen LogP contribution in [0, 0.1) is 0 Å². The van der Waals surface area contributed by atoms with Crippen LogP contribution in [-0.4, -0.2) is 13.2 Å². The predicted molar refractivity (Wildman–Crippen MR) is 123 cm³/mol. The normalized spacial score (nSPS) is 21.4. The molecule has 0 aromatic heterocycles. The Kier molecular flexibility index (Phi) is 6.31. The Morgan fingerprint density at radius 3 is 2.47 bits per heavy atom. The summed E-state index contributed by atoms with van der Waals surface area (Å²) in [6.45, 7) is 0.609. The van der Waals surface area contributed by atoms with E-state index in [0.717, 1.165) is 17.9 Å². The fraction of sp³-hybridized carbons (Fsp3) is 0.308. The first-order valence-electron chi connectivity index (χ1n) is 10.5. The van der Waals surface area contributed by atoms with Crippen molar-refractivity contribution < 1.29 is 9.47 Å². The molecule has 0 saturated heterocycles. The molecule has 3 aromatic rings. The number of nitrogens with one attached hydrogen (secondary N) is 1. The minimum Gasteiger partial charge on any atom is -0.497 e. The number of aryl methyl sites for hydroxylation is 1. The zero-order valence-corrected chi connectivity index (χ0v) is 18.0.